The zero-order valence-electron chi connectivity index (χ0n) is 28.0. The first-order chi connectivity index (χ1) is 20.3. The third kappa shape index (κ3) is 6.87. The Morgan fingerprint density at radius 3 is 1.13 bits per heavy atom. The Labute approximate surface area is 304 Å². The van der Waals surface area contributed by atoms with Crippen LogP contribution in [-0.4, -0.2) is 8.07 Å². The third-order valence-electron chi connectivity index (χ3n) is 9.80. The number of hydrogen-bond donors (Lipinski definition) is 0. The average Bonchev–Trinajstić information content (AvgIpc) is 3.30. The van der Waals surface area contributed by atoms with E-state index in [2.05, 4.69) is 154 Å². The summed E-state index contributed by atoms with van der Waals surface area (Å²) >= 11 is 2.61. The van der Waals surface area contributed by atoms with E-state index in [1.54, 1.807) is 15.6 Å². The van der Waals surface area contributed by atoms with Gasteiger partial charge in [-0.2, -0.15) is 0 Å². The van der Waals surface area contributed by atoms with Gasteiger partial charge in [-0.3, -0.25) is 0 Å². The van der Waals surface area contributed by atoms with Gasteiger partial charge in [-0.25, -0.2) is 0 Å². The smallest absolute Gasteiger partial charge is 1.00 e. The van der Waals surface area contributed by atoms with Crippen molar-refractivity contribution in [3.63, 3.8) is 0 Å². The zero-order chi connectivity index (χ0) is 30.1. The van der Waals surface area contributed by atoms with Crippen LogP contribution in [0.5, 0.6) is 0 Å². The van der Waals surface area contributed by atoms with Gasteiger partial charge in [-0.05, 0) is 0 Å². The summed E-state index contributed by atoms with van der Waals surface area (Å²) in [4.78, 5) is 0. The first-order valence-corrected chi connectivity index (χ1v) is 19.0. The molecule has 1 unspecified atom stereocenters. The van der Waals surface area contributed by atoms with Crippen LogP contribution in [0.3, 0.4) is 0 Å². The summed E-state index contributed by atoms with van der Waals surface area (Å²) in [7, 11) is -2.78. The molecule has 0 aromatic heterocycles. The summed E-state index contributed by atoms with van der Waals surface area (Å²) in [6.07, 6.45) is 8.82. The van der Waals surface area contributed by atoms with Gasteiger partial charge in [0.25, 0.3) is 0 Å². The summed E-state index contributed by atoms with van der Waals surface area (Å²) < 4.78 is -0.143. The Morgan fingerprint density at radius 2 is 0.822 bits per heavy atom. The normalized spacial score (nSPS) is 15.4. The van der Waals surface area contributed by atoms with Gasteiger partial charge < -0.3 is 37.2 Å². The van der Waals surface area contributed by atoms with Gasteiger partial charge in [0.1, 0.15) is 0 Å². The summed E-state index contributed by atoms with van der Waals surface area (Å²) in [6, 6.07) is 32.3. The van der Waals surface area contributed by atoms with Crippen molar-refractivity contribution in [3.05, 3.63) is 129 Å². The second-order valence-corrected chi connectivity index (χ2v) is 18.1. The number of aryl methyl sites for hydroxylation is 6. The van der Waals surface area contributed by atoms with Crippen LogP contribution in [-0.2, 0) is 62.3 Å². The van der Waals surface area contributed by atoms with E-state index >= 15 is 0 Å². The molecule has 236 valence electrons. The van der Waals surface area contributed by atoms with E-state index in [0.717, 1.165) is 38.5 Å². The predicted molar refractivity (Wildman–Crippen MR) is 182 cm³/mol. The van der Waals surface area contributed by atoms with E-state index < -0.39 is 8.07 Å². The molecule has 0 radical (unpaired) electrons. The van der Waals surface area contributed by atoms with Crippen LogP contribution in [0.4, 0.5) is 0 Å². The molecule has 4 aromatic carbocycles. The Bertz CT molecular complexity index is 1440. The fourth-order valence-electron chi connectivity index (χ4n) is 7.33. The maximum Gasteiger partial charge on any atom is -1.00 e. The fourth-order valence-corrected chi connectivity index (χ4v) is 15.8. The third-order valence-corrected chi connectivity index (χ3v) is 17.8. The van der Waals surface area contributed by atoms with Crippen molar-refractivity contribution in [2.24, 2.45) is 0 Å². The van der Waals surface area contributed by atoms with Crippen LogP contribution < -0.4 is 52.8 Å². The predicted octanol–water partition coefficient (Wildman–Crippen LogP) is -1.06. The Morgan fingerprint density at radius 1 is 0.511 bits per heavy atom. The molecule has 0 aliphatic heterocycles. The van der Waals surface area contributed by atoms with Crippen LogP contribution in [0.2, 0.25) is 0 Å². The molecule has 5 heteroatoms. The molecule has 0 bridgehead atoms. The summed E-state index contributed by atoms with van der Waals surface area (Å²) in [5.41, 5.74) is 13.1. The molecule has 0 nitrogen and oxygen atoms in total. The Hall–Kier alpha value is -1.58. The molecule has 0 saturated heterocycles. The van der Waals surface area contributed by atoms with E-state index in [9.17, 15) is 0 Å². The number of allylic oxidation sites excluding steroid dienone is 1. The largest absolute Gasteiger partial charge is 1.00 e. The van der Waals surface area contributed by atoms with E-state index in [1.807, 2.05) is 0 Å². The average molecular weight is 710 g/mol. The summed E-state index contributed by atoms with van der Waals surface area (Å²) in [5, 5.41) is 4.70. The van der Waals surface area contributed by atoms with Gasteiger partial charge in [0.05, 0.1) is 0 Å². The second kappa shape index (κ2) is 16.5. The number of rotatable bonds is 10. The minimum Gasteiger partial charge on any atom is -1.00 e. The Balaban J connectivity index is 0.00000235. The number of benzene rings is 4. The van der Waals surface area contributed by atoms with Gasteiger partial charge in [-0.15, -0.1) is 0 Å². The Kier molecular flexibility index (Phi) is 14.5. The quantitative estimate of drug-likeness (QED) is 0.146. The molecule has 0 heterocycles. The van der Waals surface area contributed by atoms with Crippen molar-refractivity contribution >= 4 is 29.7 Å². The maximum absolute atomic E-state index is 2.78. The monoisotopic (exact) mass is 708 g/mol. The van der Waals surface area contributed by atoms with E-state index in [4.69, 9.17) is 0 Å². The minimum absolute atomic E-state index is 0. The standard InChI is InChI=1S/C40H47Si.3ClH.Ti/c1-8-29-19-30(9-2)23-36(22-29)41(37-24-31(10-3)20-32(11-4)25-37,38-26-33(12-5)21-34(13-6)27-38)40-28(7)18-35-16-14-15-17-39(35)40;;;;/h14-27H,8-13H2,1-7H3;3*1H;/q;;;;+3/p-3. The van der Waals surface area contributed by atoms with Crippen LogP contribution in [0.15, 0.2) is 84.4 Å². The second-order valence-electron chi connectivity index (χ2n) is 12.2. The minimum atomic E-state index is -2.78. The molecule has 1 aliphatic carbocycles. The van der Waals surface area contributed by atoms with Crippen molar-refractivity contribution in [1.29, 1.82) is 0 Å². The van der Waals surface area contributed by atoms with E-state index in [1.165, 1.54) is 50.1 Å². The van der Waals surface area contributed by atoms with E-state index in [0.29, 0.717) is 0 Å². The van der Waals surface area contributed by atoms with Gasteiger partial charge in [0, 0.05) is 0 Å². The molecular weight excluding hydrogens is 663 g/mol. The van der Waals surface area contributed by atoms with Crippen LogP contribution in [0.1, 0.15) is 93.0 Å². The molecule has 1 aliphatic rings. The van der Waals surface area contributed by atoms with Gasteiger partial charge in [0.2, 0.25) is 0 Å². The molecule has 4 aromatic rings. The van der Waals surface area contributed by atoms with Crippen molar-refractivity contribution in [2.45, 2.75) is 90.3 Å². The number of hydrogen-bond acceptors (Lipinski definition) is 0. The molecular formula is C40H47Cl3SiTi. The molecule has 0 saturated carbocycles. The van der Waals surface area contributed by atoms with Crippen molar-refractivity contribution < 1.29 is 57.7 Å². The SMILES string of the molecule is CCc1cc(CC)cc([Si](c2cc(CC)cc(CC)c2)(c2cc(CC)cc(CC)c2)[C]2([Ti+3])C(C)=Cc3ccccc32)c1.[Cl-].[Cl-].[Cl-]. The van der Waals surface area contributed by atoms with Crippen molar-refractivity contribution in [3.8, 4) is 0 Å². The molecule has 1 atom stereocenters. The zero-order valence-corrected chi connectivity index (χ0v) is 32.8. The summed E-state index contributed by atoms with van der Waals surface area (Å²) in [5.74, 6) is 0. The van der Waals surface area contributed by atoms with E-state index in [-0.39, 0.29) is 40.6 Å². The van der Waals surface area contributed by atoms with Gasteiger partial charge >= 0.3 is 269 Å². The van der Waals surface area contributed by atoms with Crippen molar-refractivity contribution in [1.82, 2.24) is 0 Å². The van der Waals surface area contributed by atoms with Gasteiger partial charge in [0.15, 0.2) is 0 Å². The van der Waals surface area contributed by atoms with Crippen LogP contribution in [0.25, 0.3) is 6.08 Å². The van der Waals surface area contributed by atoms with Crippen LogP contribution >= 0.6 is 0 Å². The maximum atomic E-state index is 2.61. The van der Waals surface area contributed by atoms with Crippen LogP contribution in [0, 0.1) is 0 Å². The molecule has 0 fully saturated rings. The molecule has 0 N–H and O–H groups in total. The number of fused-ring (bicyclic) bond motifs is 1. The number of halogens is 3. The van der Waals surface area contributed by atoms with Crippen molar-refractivity contribution in [2.75, 3.05) is 0 Å². The van der Waals surface area contributed by atoms with Gasteiger partial charge in [-0.1, -0.05) is 0 Å². The molecule has 0 spiro atoms. The molecule has 0 amide bonds. The molecule has 45 heavy (non-hydrogen) atoms. The molecule has 5 rings (SSSR count). The first kappa shape index (κ1) is 39.6. The first-order valence-electron chi connectivity index (χ1n) is 16.2. The fraction of sp³-hybridized carbons (Fsp3) is 0.350. The topological polar surface area (TPSA) is 0 Å². The summed E-state index contributed by atoms with van der Waals surface area (Å²) in [6.45, 7) is 16.3.